The first-order chi connectivity index (χ1) is 52.1. The van der Waals surface area contributed by atoms with E-state index in [1.54, 1.807) is 0 Å². The lowest BCUT2D eigenvalue weighted by molar-refractivity contribution is -0.177. The molecule has 1 atom stereocenters. The van der Waals surface area contributed by atoms with E-state index in [1.807, 2.05) is 43.1 Å². The van der Waals surface area contributed by atoms with Crippen molar-refractivity contribution in [2.45, 2.75) is 415 Å². The number of aliphatic hydroxyl groups is 2. The van der Waals surface area contributed by atoms with Crippen molar-refractivity contribution in [2.24, 2.45) is 0 Å². The summed E-state index contributed by atoms with van der Waals surface area (Å²) in [5.74, 6) is -0.541. The van der Waals surface area contributed by atoms with Gasteiger partial charge >= 0.3 is 24.1 Å². The number of aliphatic hydroxyl groups excluding tert-OH is 2. The number of aryl methyl sites for hydroxylation is 1. The summed E-state index contributed by atoms with van der Waals surface area (Å²) in [6, 6.07) is 6.46. The number of urea groups is 3. The number of nitrogens with one attached hydrogen (secondary N) is 5. The molecule has 1 aromatic carbocycles. The lowest BCUT2D eigenvalue weighted by Gasteiger charge is -2.56. The van der Waals surface area contributed by atoms with Gasteiger partial charge in [0.25, 0.3) is 23.6 Å². The molecule has 8 aliphatic heterocycles. The Morgan fingerprint density at radius 2 is 0.884 bits per heavy atom. The minimum absolute atomic E-state index is 0.0322. The fraction of sp³-hybridized carbons (Fsp3) is 0.841. The van der Waals surface area contributed by atoms with Crippen molar-refractivity contribution in [2.75, 3.05) is 65.1 Å². The van der Waals surface area contributed by atoms with E-state index < -0.39 is 40.1 Å². The van der Waals surface area contributed by atoms with Crippen molar-refractivity contribution in [3.8, 4) is 0 Å². The van der Waals surface area contributed by atoms with Crippen LogP contribution in [0.15, 0.2) is 24.3 Å². The number of anilines is 1. The Morgan fingerprint density at radius 3 is 1.34 bits per heavy atom. The smallest absolute Gasteiger partial charge is 0.329 e. The van der Waals surface area contributed by atoms with Crippen molar-refractivity contribution in [3.63, 3.8) is 0 Å². The maximum absolute atomic E-state index is 14.5. The second kappa shape index (κ2) is 37.9. The maximum atomic E-state index is 14.5. The molecule has 638 valence electrons. The summed E-state index contributed by atoms with van der Waals surface area (Å²) < 4.78 is 17.9. The highest BCUT2D eigenvalue weighted by Gasteiger charge is 2.66. The van der Waals surface area contributed by atoms with Gasteiger partial charge < -0.3 is 55.9 Å². The number of nitrogens with zero attached hydrogens (tertiary/aromatic N) is 6. The van der Waals surface area contributed by atoms with Crippen LogP contribution < -0.4 is 31.5 Å². The number of carbonyl (C=O) groups excluding carboxylic acids is 8. The number of likely N-dealkylation sites (tertiary alicyclic amines) is 2. The van der Waals surface area contributed by atoms with Gasteiger partial charge in [-0.15, -0.1) is 0 Å². The molecule has 10 amide bonds. The Morgan fingerprint density at radius 1 is 0.482 bits per heavy atom. The Kier molecular flexibility index (Phi) is 31.8. The van der Waals surface area contributed by atoms with Gasteiger partial charge in [-0.2, -0.15) is 0 Å². The third kappa shape index (κ3) is 23.5. The molecule has 0 radical (unpaired) electrons. The second-order valence-corrected chi connectivity index (χ2v) is 40.1. The van der Waals surface area contributed by atoms with Gasteiger partial charge in [0.2, 0.25) is 0 Å². The van der Waals surface area contributed by atoms with Crippen LogP contribution in [0, 0.1) is 6.92 Å². The van der Waals surface area contributed by atoms with Crippen molar-refractivity contribution in [3.05, 3.63) is 29.8 Å². The Hall–Kier alpha value is -5.34. The van der Waals surface area contributed by atoms with Crippen molar-refractivity contribution >= 4 is 53.4 Å². The first kappa shape index (κ1) is 93.8. The molecule has 8 saturated heterocycles. The van der Waals surface area contributed by atoms with Gasteiger partial charge in [0.1, 0.15) is 22.3 Å². The van der Waals surface area contributed by atoms with E-state index in [0.29, 0.717) is 76.8 Å². The molecule has 9 fully saturated rings. The minimum Gasteiger partial charge on any atom is -0.466 e. The van der Waals surface area contributed by atoms with Gasteiger partial charge in [-0.3, -0.25) is 43.6 Å². The van der Waals surface area contributed by atoms with E-state index in [1.165, 1.54) is 106 Å². The summed E-state index contributed by atoms with van der Waals surface area (Å²) in [4.78, 5) is 114. The van der Waals surface area contributed by atoms with Gasteiger partial charge in [0.05, 0.1) is 51.2 Å². The first-order valence-electron chi connectivity index (χ1n) is 43.2. The van der Waals surface area contributed by atoms with Crippen LogP contribution in [0.25, 0.3) is 0 Å². The highest BCUT2D eigenvalue weighted by molar-refractivity contribution is 6.23. The molecule has 112 heavy (non-hydrogen) atoms. The van der Waals surface area contributed by atoms with Crippen molar-refractivity contribution in [1.29, 1.82) is 0 Å². The van der Waals surface area contributed by atoms with Crippen LogP contribution in [0.2, 0.25) is 0 Å². The normalized spacial score (nSPS) is 25.1. The average molecular weight is 1570 g/mol. The van der Waals surface area contributed by atoms with Crippen molar-refractivity contribution < 1.29 is 62.8 Å². The summed E-state index contributed by atoms with van der Waals surface area (Å²) in [7, 11) is 4.14. The lowest BCUT2D eigenvalue weighted by Crippen LogP contribution is -2.68. The number of esters is 1. The predicted octanol–water partition coefficient (Wildman–Crippen LogP) is 14.4. The molecule has 0 aromatic heterocycles. The van der Waals surface area contributed by atoms with Crippen LogP contribution in [-0.2, 0) is 38.2 Å². The topological polar surface area (TPSA) is 284 Å². The molecule has 7 N–H and O–H groups in total. The lowest BCUT2D eigenvalue weighted by atomic mass is 9.69. The number of ether oxygens (including phenoxy) is 3. The highest BCUT2D eigenvalue weighted by atomic mass is 16.6. The number of imide groups is 3. The zero-order valence-electron chi connectivity index (χ0n) is 73.5. The summed E-state index contributed by atoms with van der Waals surface area (Å²) in [5.41, 5.74) is -3.91. The van der Waals surface area contributed by atoms with Crippen LogP contribution in [0.4, 0.5) is 20.1 Å². The van der Waals surface area contributed by atoms with Gasteiger partial charge in [-0.1, -0.05) is 141 Å². The largest absolute Gasteiger partial charge is 0.466 e. The molecule has 1 aromatic rings. The van der Waals surface area contributed by atoms with Gasteiger partial charge in [-0.05, 0) is 221 Å². The van der Waals surface area contributed by atoms with E-state index >= 15 is 0 Å². The second-order valence-electron chi connectivity index (χ2n) is 40.1. The van der Waals surface area contributed by atoms with E-state index in [9.17, 15) is 43.5 Å². The van der Waals surface area contributed by atoms with Gasteiger partial charge in [0, 0.05) is 70.2 Å². The van der Waals surface area contributed by atoms with Crippen LogP contribution in [0.5, 0.6) is 0 Å². The van der Waals surface area contributed by atoms with E-state index in [2.05, 4.69) is 168 Å². The fourth-order valence-corrected chi connectivity index (χ4v) is 21.1. The third-order valence-electron chi connectivity index (χ3n) is 25.4. The van der Waals surface area contributed by atoms with Crippen molar-refractivity contribution in [1.82, 2.24) is 51.1 Å². The SMILES string of the molecule is CCCCCCCCCCCCOC(=O)CCN1C(=O)C2(CC(C)(C)NC(C)(C)C2)OC12CCCCCCCCCCC2.CCCCN1C(=O)NC2(CC(C)(C)N(C)C(C)(C)C2)C1=O.CN1C(C)(C)CC2(CC1(C)C)NC(=O)N(CC(O)COCCO)C2=O.Cc1ccc(N2C(=O)NC3(CC(C)(C)NC(C)(C)C3)C2=O)cc1. The summed E-state index contributed by atoms with van der Waals surface area (Å²) in [6.07, 6.45) is 31.2. The number of unbranched alkanes of at least 4 members (excludes halogenated alkanes) is 10. The number of amides is 10. The highest BCUT2D eigenvalue weighted by Crippen LogP contribution is 2.52. The molecule has 1 saturated carbocycles. The predicted molar refractivity (Wildman–Crippen MR) is 443 cm³/mol. The van der Waals surface area contributed by atoms with Crippen LogP contribution in [0.1, 0.15) is 336 Å². The number of rotatable bonds is 24. The molecular weight excluding hydrogens is 1420 g/mol. The van der Waals surface area contributed by atoms with Crippen LogP contribution in [0.3, 0.4) is 0 Å². The number of hydrogen-bond acceptors (Lipinski definition) is 17. The number of hydrogen-bond donors (Lipinski definition) is 7. The number of benzene rings is 1. The summed E-state index contributed by atoms with van der Waals surface area (Å²) >= 11 is 0. The molecule has 1 aliphatic carbocycles. The third-order valence-corrected chi connectivity index (χ3v) is 25.4. The van der Waals surface area contributed by atoms with Gasteiger partial charge in [0.15, 0.2) is 5.60 Å². The maximum Gasteiger partial charge on any atom is 0.329 e. The quantitative estimate of drug-likeness (QED) is 0.0288. The molecular formula is C88H153N11O13. The zero-order valence-corrected chi connectivity index (χ0v) is 73.5. The number of β-amino-alcohol motifs (C(OH)–C–C–N with tert-alkyl or cyclic N) is 1. The molecule has 5 spiro atoms. The van der Waals surface area contributed by atoms with E-state index in [-0.39, 0.29) is 119 Å². The Labute approximate surface area is 674 Å². The van der Waals surface area contributed by atoms with Crippen LogP contribution in [-0.4, -0.2) is 221 Å². The molecule has 24 heteroatoms. The standard InChI is InChI=1S/C37H68N2O4.C18H25N3O2.C17H31N3O5.C16H29N3O2/c1-6-7-8-9-10-11-15-18-21-24-29-42-32(40)25-28-39-33(41)36(30-34(2,3)38-35(4,5)31-36)43-37(39)26-22-19-16-13-12-14-17-20-23-27-37;1-12-6-8-13(9-7-12)21-14(22)18(19-15(21)23)10-16(2,3)20-17(4,5)11-18;1-15(2)10-17(11-16(3,4)19(15)5)13(23)20(14(24)18-17)8-12(22)9-25-7-6-21;1-7-8-9-19-12(20)16(17-13(19)21)10-14(2,3)18(6)15(4,5)11-16/h38H,6-31H2,1-5H3;6-9,20H,10-11H2,1-5H3,(H,19,23);12,21-22H,6-11H2,1-5H3,(H,18,24);7-11H2,1-6H3,(H,17,21). The van der Waals surface area contributed by atoms with Gasteiger partial charge in [-0.25, -0.2) is 19.3 Å². The monoisotopic (exact) mass is 1570 g/mol. The number of carbonyl (C=O) groups is 8. The molecule has 10 rings (SSSR count). The molecule has 24 nitrogen and oxygen atoms in total. The Bertz CT molecular complexity index is 3270. The van der Waals surface area contributed by atoms with E-state index in [4.69, 9.17) is 19.3 Å². The Balaban J connectivity index is 0.000000217. The zero-order chi connectivity index (χ0) is 83.4. The molecule has 9 aliphatic rings. The van der Waals surface area contributed by atoms with Crippen LogP contribution >= 0.6 is 0 Å². The summed E-state index contributed by atoms with van der Waals surface area (Å²) in [6.45, 7) is 41.4. The summed E-state index contributed by atoms with van der Waals surface area (Å²) in [5, 5.41) is 34.9. The average Bonchev–Trinajstić information content (AvgIpc) is 1.60. The molecule has 8 heterocycles. The number of piperidine rings is 4. The molecule has 1 unspecified atom stereocenters. The van der Waals surface area contributed by atoms with E-state index in [0.717, 1.165) is 61.8 Å². The molecule has 0 bridgehead atoms. The first-order valence-corrected chi connectivity index (χ1v) is 43.2. The fourth-order valence-electron chi connectivity index (χ4n) is 21.1. The minimum atomic E-state index is -0.983.